The average molecular weight is 536 g/mol. The summed E-state index contributed by atoms with van der Waals surface area (Å²) < 4.78 is 17.0. The number of rotatable bonds is 8. The average Bonchev–Trinajstić information content (AvgIpc) is 3.43. The molecule has 34 heavy (non-hydrogen) atoms. The number of nitrogens with zero attached hydrogens (tertiary/aromatic N) is 7. The SMILES string of the molecule is CCOc1cc(C=NNC(=O)c2c(CN3CCOCC3)nnn2-c2nonc2N)cc(Br)c1O. The number of nitrogens with two attached hydrogens (primary N) is 1. The zero-order chi connectivity index (χ0) is 24.1. The monoisotopic (exact) mass is 535 g/mol. The van der Waals surface area contributed by atoms with Crippen LogP contribution in [-0.2, 0) is 11.3 Å². The number of nitrogen functional groups attached to an aromatic ring is 1. The number of amides is 1. The molecule has 1 aliphatic heterocycles. The molecule has 0 saturated carbocycles. The summed E-state index contributed by atoms with van der Waals surface area (Å²) >= 11 is 3.27. The number of phenols is 1. The number of benzene rings is 1. The fraction of sp³-hybridized carbons (Fsp3) is 0.368. The first-order chi connectivity index (χ1) is 16.5. The van der Waals surface area contributed by atoms with Gasteiger partial charge in [-0.15, -0.1) is 5.10 Å². The molecule has 0 spiro atoms. The largest absolute Gasteiger partial charge is 0.503 e. The van der Waals surface area contributed by atoms with E-state index < -0.39 is 5.91 Å². The highest BCUT2D eigenvalue weighted by molar-refractivity contribution is 9.10. The molecule has 2 aromatic heterocycles. The van der Waals surface area contributed by atoms with E-state index in [4.69, 9.17) is 15.2 Å². The number of morpholine rings is 1. The highest BCUT2D eigenvalue weighted by atomic mass is 79.9. The predicted molar refractivity (Wildman–Crippen MR) is 122 cm³/mol. The van der Waals surface area contributed by atoms with Crippen LogP contribution in [0.15, 0.2) is 26.3 Å². The second-order valence-electron chi connectivity index (χ2n) is 7.14. The highest BCUT2D eigenvalue weighted by Crippen LogP contribution is 2.35. The second kappa shape index (κ2) is 10.6. The van der Waals surface area contributed by atoms with Gasteiger partial charge in [-0.25, -0.2) is 10.1 Å². The van der Waals surface area contributed by atoms with E-state index in [1.54, 1.807) is 19.1 Å². The Morgan fingerprint density at radius 3 is 2.88 bits per heavy atom. The van der Waals surface area contributed by atoms with Crippen molar-refractivity contribution in [3.63, 3.8) is 0 Å². The molecule has 0 bridgehead atoms. The molecule has 1 aliphatic rings. The van der Waals surface area contributed by atoms with Gasteiger partial charge in [0.05, 0.1) is 30.5 Å². The summed E-state index contributed by atoms with van der Waals surface area (Å²) in [6.45, 7) is 5.11. The Morgan fingerprint density at radius 1 is 1.38 bits per heavy atom. The quantitative estimate of drug-likeness (QED) is 0.272. The second-order valence-corrected chi connectivity index (χ2v) is 7.99. The van der Waals surface area contributed by atoms with Crippen LogP contribution in [0, 0.1) is 0 Å². The number of phenolic OH excluding ortho intramolecular Hbond substituents is 1. The van der Waals surface area contributed by atoms with Gasteiger partial charge in [0.25, 0.3) is 5.91 Å². The summed E-state index contributed by atoms with van der Waals surface area (Å²) in [5.74, 6) is -0.329. The number of aromatic nitrogens is 5. The van der Waals surface area contributed by atoms with Gasteiger partial charge in [-0.1, -0.05) is 5.21 Å². The molecule has 15 heteroatoms. The number of hydrogen-bond donors (Lipinski definition) is 3. The molecule has 1 fully saturated rings. The maximum atomic E-state index is 13.1. The fourth-order valence-corrected chi connectivity index (χ4v) is 3.72. The van der Waals surface area contributed by atoms with E-state index >= 15 is 0 Å². The molecule has 4 N–H and O–H groups in total. The van der Waals surface area contributed by atoms with Crippen molar-refractivity contribution in [3.05, 3.63) is 33.6 Å². The maximum absolute atomic E-state index is 13.1. The minimum atomic E-state index is -0.588. The number of nitrogens with one attached hydrogen (secondary N) is 1. The van der Waals surface area contributed by atoms with E-state index in [2.05, 4.69) is 56.6 Å². The van der Waals surface area contributed by atoms with Gasteiger partial charge in [0, 0.05) is 19.6 Å². The van der Waals surface area contributed by atoms with Crippen molar-refractivity contribution in [2.75, 3.05) is 38.6 Å². The van der Waals surface area contributed by atoms with Crippen molar-refractivity contribution >= 4 is 33.9 Å². The van der Waals surface area contributed by atoms with Crippen LogP contribution in [0.2, 0.25) is 0 Å². The van der Waals surface area contributed by atoms with Crippen molar-refractivity contribution in [1.82, 2.24) is 35.6 Å². The Hall–Kier alpha value is -3.56. The van der Waals surface area contributed by atoms with E-state index in [-0.39, 0.29) is 28.8 Å². The Bertz CT molecular complexity index is 1190. The summed E-state index contributed by atoms with van der Waals surface area (Å²) in [4.78, 5) is 15.2. The van der Waals surface area contributed by atoms with E-state index in [0.717, 1.165) is 4.68 Å². The molecule has 3 heterocycles. The first-order valence-electron chi connectivity index (χ1n) is 10.3. The van der Waals surface area contributed by atoms with Crippen LogP contribution in [0.5, 0.6) is 11.5 Å². The van der Waals surface area contributed by atoms with Crippen LogP contribution in [0.25, 0.3) is 5.82 Å². The molecule has 0 unspecified atom stereocenters. The Kier molecular flexibility index (Phi) is 7.34. The lowest BCUT2D eigenvalue weighted by Gasteiger charge is -2.25. The first kappa shape index (κ1) is 23.6. The van der Waals surface area contributed by atoms with Crippen molar-refractivity contribution in [2.45, 2.75) is 13.5 Å². The van der Waals surface area contributed by atoms with E-state index in [1.807, 2.05) is 0 Å². The number of ether oxygens (including phenoxy) is 2. The molecule has 1 amide bonds. The topological polar surface area (TPSA) is 179 Å². The number of carbonyl (C=O) groups excluding carboxylic acids is 1. The van der Waals surface area contributed by atoms with Crippen LogP contribution in [-0.4, -0.2) is 80.3 Å². The number of anilines is 1. The molecule has 0 aliphatic carbocycles. The highest BCUT2D eigenvalue weighted by Gasteiger charge is 2.26. The number of hydrogen-bond acceptors (Lipinski definition) is 12. The standard InChI is InChI=1S/C19H22BrN9O5/c1-2-33-14-8-11(7-12(20)16(14)30)9-22-24-19(31)15-13(10-28-3-5-32-6-4-28)23-27-29(15)18-17(21)25-34-26-18/h7-9,30H,2-6,10H2,1H3,(H2,21,25)(H,24,31). The van der Waals surface area contributed by atoms with Crippen molar-refractivity contribution < 1.29 is 24.0 Å². The van der Waals surface area contributed by atoms with Crippen LogP contribution in [0.1, 0.15) is 28.7 Å². The molecular weight excluding hydrogens is 514 g/mol. The van der Waals surface area contributed by atoms with E-state index in [9.17, 15) is 9.90 Å². The smallest absolute Gasteiger partial charge is 0.292 e. The van der Waals surface area contributed by atoms with Gasteiger partial charge in [0.1, 0.15) is 5.69 Å². The number of aromatic hydroxyl groups is 1. The normalized spacial score (nSPS) is 14.5. The van der Waals surface area contributed by atoms with Gasteiger partial charge in [0.15, 0.2) is 17.2 Å². The molecule has 14 nitrogen and oxygen atoms in total. The van der Waals surface area contributed by atoms with Gasteiger partial charge in [-0.2, -0.15) is 9.78 Å². The fourth-order valence-electron chi connectivity index (χ4n) is 3.26. The summed E-state index contributed by atoms with van der Waals surface area (Å²) in [5.41, 5.74) is 9.34. The Balaban J connectivity index is 1.58. The van der Waals surface area contributed by atoms with Crippen molar-refractivity contribution in [3.8, 4) is 17.3 Å². The zero-order valence-corrected chi connectivity index (χ0v) is 19.7. The first-order valence-corrected chi connectivity index (χ1v) is 11.1. The van der Waals surface area contributed by atoms with Crippen molar-refractivity contribution in [2.24, 2.45) is 5.10 Å². The van der Waals surface area contributed by atoms with Gasteiger partial charge in [0.2, 0.25) is 11.6 Å². The Morgan fingerprint density at radius 2 is 2.18 bits per heavy atom. The zero-order valence-electron chi connectivity index (χ0n) is 18.1. The summed E-state index contributed by atoms with van der Waals surface area (Å²) in [7, 11) is 0. The molecule has 0 atom stereocenters. The van der Waals surface area contributed by atoms with Crippen LogP contribution in [0.3, 0.4) is 0 Å². The molecular formula is C19H22BrN9O5. The third-order valence-corrected chi connectivity index (χ3v) is 5.46. The molecule has 1 aromatic carbocycles. The molecule has 180 valence electrons. The van der Waals surface area contributed by atoms with E-state index in [0.29, 0.717) is 55.2 Å². The third kappa shape index (κ3) is 5.16. The number of halogens is 1. The summed E-state index contributed by atoms with van der Waals surface area (Å²) in [5, 5.41) is 29.5. The lowest BCUT2D eigenvalue weighted by molar-refractivity contribution is 0.0335. The molecule has 3 aromatic rings. The minimum absolute atomic E-state index is 0.0235. The number of hydrazone groups is 1. The predicted octanol–water partition coefficient (Wildman–Crippen LogP) is 0.695. The van der Waals surface area contributed by atoms with Crippen LogP contribution < -0.4 is 15.9 Å². The lowest BCUT2D eigenvalue weighted by atomic mass is 10.2. The van der Waals surface area contributed by atoms with Crippen molar-refractivity contribution in [1.29, 1.82) is 0 Å². The summed E-state index contributed by atoms with van der Waals surface area (Å²) in [6, 6.07) is 3.22. The van der Waals surface area contributed by atoms with Crippen LogP contribution in [0.4, 0.5) is 5.82 Å². The lowest BCUT2D eigenvalue weighted by Crippen LogP contribution is -2.36. The van der Waals surface area contributed by atoms with Gasteiger partial charge in [-0.05, 0) is 50.9 Å². The van der Waals surface area contributed by atoms with Gasteiger partial charge in [-0.3, -0.25) is 9.69 Å². The third-order valence-electron chi connectivity index (χ3n) is 4.86. The maximum Gasteiger partial charge on any atom is 0.292 e. The molecule has 0 radical (unpaired) electrons. The minimum Gasteiger partial charge on any atom is -0.503 e. The molecule has 1 saturated heterocycles. The van der Waals surface area contributed by atoms with Gasteiger partial charge >= 0.3 is 0 Å². The Labute approximate surface area is 201 Å². The molecule has 4 rings (SSSR count). The van der Waals surface area contributed by atoms with Gasteiger partial charge < -0.3 is 20.3 Å². The van der Waals surface area contributed by atoms with E-state index in [1.165, 1.54) is 6.21 Å². The number of carbonyl (C=O) groups is 1. The van der Waals surface area contributed by atoms with Crippen LogP contribution >= 0.6 is 15.9 Å². The summed E-state index contributed by atoms with van der Waals surface area (Å²) in [6.07, 6.45) is 1.41.